The first-order valence-corrected chi connectivity index (χ1v) is 12.2. The first kappa shape index (κ1) is 26.6. The third-order valence-corrected chi connectivity index (χ3v) is 6.09. The summed E-state index contributed by atoms with van der Waals surface area (Å²) in [5.41, 5.74) is 1.17. The lowest BCUT2D eigenvalue weighted by atomic mass is 10.2. The molecule has 1 aromatic carbocycles. The summed E-state index contributed by atoms with van der Waals surface area (Å²) >= 11 is 0. The van der Waals surface area contributed by atoms with Gasteiger partial charge >= 0.3 is 6.09 Å². The molecule has 1 saturated heterocycles. The highest BCUT2D eigenvalue weighted by Gasteiger charge is 2.29. The van der Waals surface area contributed by atoms with E-state index in [1.807, 2.05) is 0 Å². The zero-order valence-corrected chi connectivity index (χ0v) is 21.5. The van der Waals surface area contributed by atoms with Crippen LogP contribution in [0.1, 0.15) is 36.1 Å². The highest BCUT2D eigenvalue weighted by atomic mass is 19.1. The van der Waals surface area contributed by atoms with Gasteiger partial charge in [0.25, 0.3) is 5.91 Å². The predicted molar refractivity (Wildman–Crippen MR) is 134 cm³/mol. The minimum atomic E-state index is -0.601. The second-order valence-electron chi connectivity index (χ2n) is 8.72. The van der Waals surface area contributed by atoms with Gasteiger partial charge in [-0.05, 0) is 51.1 Å². The van der Waals surface area contributed by atoms with Crippen LogP contribution in [0.2, 0.25) is 0 Å². The van der Waals surface area contributed by atoms with E-state index in [1.54, 1.807) is 49.0 Å². The third-order valence-electron chi connectivity index (χ3n) is 6.09. The van der Waals surface area contributed by atoms with Crippen LogP contribution < -0.4 is 10.1 Å². The molecule has 1 fully saturated rings. The van der Waals surface area contributed by atoms with E-state index in [1.165, 1.54) is 33.6 Å². The molecule has 1 N–H and O–H groups in total. The zero-order valence-electron chi connectivity index (χ0n) is 21.5. The molecule has 4 rings (SSSR count). The lowest BCUT2D eigenvalue weighted by Gasteiger charge is -2.35. The second-order valence-corrected chi connectivity index (χ2v) is 8.72. The van der Waals surface area contributed by atoms with Crippen LogP contribution in [0.4, 0.5) is 14.9 Å². The summed E-state index contributed by atoms with van der Waals surface area (Å²) in [5.74, 6) is -0.460. The van der Waals surface area contributed by atoms with Crippen molar-refractivity contribution < 1.29 is 28.2 Å². The summed E-state index contributed by atoms with van der Waals surface area (Å²) in [7, 11) is 0. The molecule has 0 spiro atoms. The van der Waals surface area contributed by atoms with Crippen molar-refractivity contribution in [3.63, 3.8) is 0 Å². The van der Waals surface area contributed by atoms with Crippen molar-refractivity contribution in [3.05, 3.63) is 59.9 Å². The van der Waals surface area contributed by atoms with E-state index < -0.39 is 11.9 Å². The molecule has 1 aliphatic rings. The van der Waals surface area contributed by atoms with E-state index in [0.717, 1.165) is 0 Å². The van der Waals surface area contributed by atoms with E-state index in [0.29, 0.717) is 49.9 Å². The molecule has 0 bridgehead atoms. The molecule has 202 valence electrons. The molecule has 12 nitrogen and oxygen atoms in total. The average molecular weight is 528 g/mol. The standard InChI is InChI=1S/C25H30FN7O5/c1-4-37-25(36)31-13-11-30(12-14-31)24(35)18(3)33-15-22(17(2)28-33)27-23(34)21-9-10-32(29-21)16-38-20-7-5-19(26)6-8-20/h5-10,15,18H,4,11-14,16H2,1-3H3,(H,27,34). The molecule has 13 heteroatoms. The molecule has 38 heavy (non-hydrogen) atoms. The molecular weight excluding hydrogens is 497 g/mol. The minimum absolute atomic E-state index is 0.0452. The van der Waals surface area contributed by atoms with Gasteiger partial charge in [-0.1, -0.05) is 0 Å². The molecule has 0 radical (unpaired) electrons. The molecular formula is C25H30FN7O5. The van der Waals surface area contributed by atoms with Crippen LogP contribution in [0, 0.1) is 12.7 Å². The Hall–Kier alpha value is -4.42. The number of ether oxygens (including phenoxy) is 2. The van der Waals surface area contributed by atoms with Gasteiger partial charge in [0.05, 0.1) is 18.0 Å². The lowest BCUT2D eigenvalue weighted by molar-refractivity contribution is -0.136. The van der Waals surface area contributed by atoms with E-state index >= 15 is 0 Å². The number of carbonyl (C=O) groups is 3. The summed E-state index contributed by atoms with van der Waals surface area (Å²) in [5, 5.41) is 11.4. The van der Waals surface area contributed by atoms with Crippen LogP contribution >= 0.6 is 0 Å². The normalized spacial score (nSPS) is 14.2. The van der Waals surface area contributed by atoms with E-state index in [2.05, 4.69) is 15.5 Å². The zero-order chi connectivity index (χ0) is 27.2. The molecule has 1 aliphatic heterocycles. The summed E-state index contributed by atoms with van der Waals surface area (Å²) in [4.78, 5) is 41.0. The number of nitrogens with zero attached hydrogens (tertiary/aromatic N) is 6. The Morgan fingerprint density at radius 1 is 1.05 bits per heavy atom. The van der Waals surface area contributed by atoms with Crippen LogP contribution in [0.5, 0.6) is 5.75 Å². The maximum absolute atomic E-state index is 13.0. The van der Waals surface area contributed by atoms with Gasteiger partial charge in [0.2, 0.25) is 5.91 Å². The molecule has 0 saturated carbocycles. The number of rotatable bonds is 8. The van der Waals surface area contributed by atoms with Crippen molar-refractivity contribution in [2.45, 2.75) is 33.5 Å². The van der Waals surface area contributed by atoms with Crippen LogP contribution in [-0.2, 0) is 16.3 Å². The Kier molecular flexibility index (Phi) is 8.24. The van der Waals surface area contributed by atoms with Crippen molar-refractivity contribution in [2.24, 2.45) is 0 Å². The maximum atomic E-state index is 13.0. The molecule has 0 aliphatic carbocycles. The SMILES string of the molecule is CCOC(=O)N1CCN(C(=O)C(C)n2cc(NC(=O)c3ccn(COc4ccc(F)cc4)n3)c(C)n2)CC1. The smallest absolute Gasteiger partial charge is 0.409 e. The summed E-state index contributed by atoms with van der Waals surface area (Å²) in [6.07, 6.45) is 2.83. The quantitative estimate of drug-likeness (QED) is 0.478. The van der Waals surface area contributed by atoms with Crippen molar-refractivity contribution in [1.82, 2.24) is 29.4 Å². The highest BCUT2D eigenvalue weighted by Crippen LogP contribution is 2.19. The fourth-order valence-electron chi connectivity index (χ4n) is 3.92. The Morgan fingerprint density at radius 2 is 1.74 bits per heavy atom. The van der Waals surface area contributed by atoms with Gasteiger partial charge in [-0.25, -0.2) is 13.9 Å². The second kappa shape index (κ2) is 11.8. The Labute approximate surface area is 218 Å². The number of aromatic nitrogens is 4. The van der Waals surface area contributed by atoms with E-state index in [9.17, 15) is 18.8 Å². The van der Waals surface area contributed by atoms with E-state index in [4.69, 9.17) is 9.47 Å². The number of benzene rings is 1. The van der Waals surface area contributed by atoms with Gasteiger partial charge in [-0.2, -0.15) is 10.2 Å². The van der Waals surface area contributed by atoms with Crippen LogP contribution in [0.3, 0.4) is 0 Å². The molecule has 2 aromatic heterocycles. The molecule has 3 amide bonds. The fourth-order valence-corrected chi connectivity index (χ4v) is 3.92. The number of piperazine rings is 1. The summed E-state index contributed by atoms with van der Waals surface area (Å²) in [6, 6.07) is 6.53. The maximum Gasteiger partial charge on any atom is 0.409 e. The number of aryl methyl sites for hydroxylation is 1. The largest absolute Gasteiger partial charge is 0.471 e. The van der Waals surface area contributed by atoms with Gasteiger partial charge in [0.1, 0.15) is 17.6 Å². The Balaban J connectivity index is 1.32. The topological polar surface area (TPSA) is 124 Å². The van der Waals surface area contributed by atoms with Gasteiger partial charge in [-0.15, -0.1) is 0 Å². The number of anilines is 1. The Morgan fingerprint density at radius 3 is 2.42 bits per heavy atom. The van der Waals surface area contributed by atoms with Crippen molar-refractivity contribution in [1.29, 1.82) is 0 Å². The van der Waals surface area contributed by atoms with Crippen LogP contribution in [-0.4, -0.2) is 80.1 Å². The predicted octanol–water partition coefficient (Wildman–Crippen LogP) is 2.68. The first-order chi connectivity index (χ1) is 18.2. The van der Waals surface area contributed by atoms with Crippen molar-refractivity contribution >= 4 is 23.6 Å². The number of carbonyl (C=O) groups excluding carboxylic acids is 3. The molecule has 3 heterocycles. The average Bonchev–Trinajstić information content (AvgIpc) is 3.54. The van der Waals surface area contributed by atoms with Crippen LogP contribution in [0.25, 0.3) is 0 Å². The lowest BCUT2D eigenvalue weighted by Crippen LogP contribution is -2.52. The number of nitrogens with one attached hydrogen (secondary N) is 1. The monoisotopic (exact) mass is 527 g/mol. The fraction of sp³-hybridized carbons (Fsp3) is 0.400. The van der Waals surface area contributed by atoms with E-state index in [-0.39, 0.29) is 30.2 Å². The van der Waals surface area contributed by atoms with Gasteiger partial charge in [0.15, 0.2) is 12.4 Å². The van der Waals surface area contributed by atoms with Crippen molar-refractivity contribution in [2.75, 3.05) is 38.1 Å². The first-order valence-electron chi connectivity index (χ1n) is 12.2. The molecule has 3 aromatic rings. The number of amides is 3. The molecule has 1 atom stereocenters. The number of hydrogen-bond acceptors (Lipinski definition) is 7. The third kappa shape index (κ3) is 6.28. The number of hydrogen-bond donors (Lipinski definition) is 1. The Bertz CT molecular complexity index is 1280. The summed E-state index contributed by atoms with van der Waals surface area (Å²) < 4.78 is 26.5. The number of halogens is 1. The van der Waals surface area contributed by atoms with Gasteiger partial charge < -0.3 is 24.6 Å². The molecule has 1 unspecified atom stereocenters. The summed E-state index contributed by atoms with van der Waals surface area (Å²) in [6.45, 7) is 7.18. The minimum Gasteiger partial charge on any atom is -0.471 e. The van der Waals surface area contributed by atoms with Gasteiger partial charge in [0, 0.05) is 38.6 Å². The van der Waals surface area contributed by atoms with Crippen LogP contribution in [0.15, 0.2) is 42.7 Å². The highest BCUT2D eigenvalue weighted by molar-refractivity contribution is 6.03. The van der Waals surface area contributed by atoms with Gasteiger partial charge in [-0.3, -0.25) is 14.3 Å². The van der Waals surface area contributed by atoms with Crippen molar-refractivity contribution in [3.8, 4) is 5.75 Å².